The van der Waals surface area contributed by atoms with E-state index in [9.17, 15) is 4.79 Å². The van der Waals surface area contributed by atoms with Crippen LogP contribution in [0.1, 0.15) is 0 Å². The Morgan fingerprint density at radius 2 is 1.77 bits per heavy atom. The molecule has 0 aliphatic carbocycles. The Morgan fingerprint density at radius 3 is 2.50 bits per heavy atom. The van der Waals surface area contributed by atoms with E-state index in [-0.39, 0.29) is 5.75 Å². The highest BCUT2D eigenvalue weighted by atomic mass is 35.5. The van der Waals surface area contributed by atoms with Crippen molar-refractivity contribution in [1.29, 1.82) is 0 Å². The lowest BCUT2D eigenvalue weighted by Crippen LogP contribution is -2.02. The van der Waals surface area contributed by atoms with E-state index >= 15 is 0 Å². The van der Waals surface area contributed by atoms with Crippen molar-refractivity contribution in [2.45, 2.75) is 0 Å². The summed E-state index contributed by atoms with van der Waals surface area (Å²) < 4.78 is 10.1. The van der Waals surface area contributed by atoms with Crippen LogP contribution in [0.15, 0.2) is 48.7 Å². The van der Waals surface area contributed by atoms with Crippen molar-refractivity contribution in [3.63, 3.8) is 0 Å². The van der Waals surface area contributed by atoms with Gasteiger partial charge in [0.1, 0.15) is 11.5 Å². The van der Waals surface area contributed by atoms with Crippen molar-refractivity contribution < 1.29 is 19.4 Å². The second-order valence-corrected chi connectivity index (χ2v) is 4.72. The van der Waals surface area contributed by atoms with Crippen LogP contribution in [0.3, 0.4) is 0 Å². The molecule has 2 aromatic carbocycles. The number of benzene rings is 2. The molecule has 3 aromatic rings. The molecular weight excluding hydrogens is 308 g/mol. The van der Waals surface area contributed by atoms with Crippen LogP contribution in [0.4, 0.5) is 4.79 Å². The van der Waals surface area contributed by atoms with Gasteiger partial charge in [-0.25, -0.2) is 14.8 Å². The quantitative estimate of drug-likeness (QED) is 0.578. The molecule has 22 heavy (non-hydrogen) atoms. The van der Waals surface area contributed by atoms with Crippen molar-refractivity contribution in [3.05, 3.63) is 53.7 Å². The van der Waals surface area contributed by atoms with Crippen LogP contribution >= 0.6 is 11.6 Å². The lowest BCUT2D eigenvalue weighted by Gasteiger charge is -2.06. The molecule has 1 N–H and O–H groups in total. The third kappa shape index (κ3) is 3.24. The monoisotopic (exact) mass is 316 g/mol. The van der Waals surface area contributed by atoms with Gasteiger partial charge in [-0.1, -0.05) is 11.6 Å². The van der Waals surface area contributed by atoms with Gasteiger partial charge in [-0.15, -0.1) is 0 Å². The highest BCUT2D eigenvalue weighted by molar-refractivity contribution is 6.31. The Balaban J connectivity index is 1.80. The Bertz CT molecular complexity index is 837. The number of carbonyl (C=O) groups is 1. The second kappa shape index (κ2) is 5.87. The topological polar surface area (TPSA) is 81.5 Å². The highest BCUT2D eigenvalue weighted by Gasteiger charge is 2.05. The number of halogens is 1. The van der Waals surface area contributed by atoms with Crippen LogP contribution in [0.5, 0.6) is 17.4 Å². The first-order valence-corrected chi connectivity index (χ1v) is 6.59. The predicted molar refractivity (Wildman–Crippen MR) is 79.7 cm³/mol. The SMILES string of the molecule is O=C(O)Oc1ccc(Oc2cnc3cc(Cl)ccc3n2)cc1. The smallest absolute Gasteiger partial charge is 0.449 e. The lowest BCUT2D eigenvalue weighted by atomic mass is 10.3. The van der Waals surface area contributed by atoms with Crippen LogP contribution in [0.25, 0.3) is 11.0 Å². The molecule has 110 valence electrons. The summed E-state index contributed by atoms with van der Waals surface area (Å²) in [5, 5.41) is 9.10. The number of nitrogens with zero attached hydrogens (tertiary/aromatic N) is 2. The third-order valence-electron chi connectivity index (χ3n) is 2.73. The number of carboxylic acid groups (broad SMARTS) is 1. The van der Waals surface area contributed by atoms with E-state index in [1.54, 1.807) is 30.3 Å². The molecule has 0 radical (unpaired) electrons. The predicted octanol–water partition coefficient (Wildman–Crippen LogP) is 4.13. The Hall–Kier alpha value is -2.86. The number of ether oxygens (including phenoxy) is 2. The molecule has 1 aromatic heterocycles. The first-order valence-electron chi connectivity index (χ1n) is 6.21. The summed E-state index contributed by atoms with van der Waals surface area (Å²) in [6.07, 6.45) is 0.119. The first-order chi connectivity index (χ1) is 10.6. The molecule has 7 heteroatoms. The Morgan fingerprint density at radius 1 is 1.05 bits per heavy atom. The highest BCUT2D eigenvalue weighted by Crippen LogP contribution is 2.24. The molecule has 0 saturated carbocycles. The lowest BCUT2D eigenvalue weighted by molar-refractivity contribution is 0.144. The fourth-order valence-corrected chi connectivity index (χ4v) is 1.98. The molecule has 0 amide bonds. The van der Waals surface area contributed by atoms with Gasteiger partial charge in [-0.2, -0.15) is 0 Å². The summed E-state index contributed by atoms with van der Waals surface area (Å²) in [5.74, 6) is 1.01. The summed E-state index contributed by atoms with van der Waals surface area (Å²) in [7, 11) is 0. The minimum Gasteiger partial charge on any atom is -0.449 e. The summed E-state index contributed by atoms with van der Waals surface area (Å²) in [6, 6.07) is 11.3. The zero-order valence-electron chi connectivity index (χ0n) is 11.1. The fraction of sp³-hybridized carbons (Fsp3) is 0. The van der Waals surface area contributed by atoms with E-state index in [1.165, 1.54) is 18.3 Å². The van der Waals surface area contributed by atoms with E-state index in [2.05, 4.69) is 14.7 Å². The van der Waals surface area contributed by atoms with Gasteiger partial charge in [0.05, 0.1) is 17.2 Å². The van der Waals surface area contributed by atoms with Crippen molar-refractivity contribution >= 4 is 28.8 Å². The fourth-order valence-electron chi connectivity index (χ4n) is 1.81. The molecule has 0 spiro atoms. The third-order valence-corrected chi connectivity index (χ3v) is 2.97. The maximum Gasteiger partial charge on any atom is 0.511 e. The zero-order valence-corrected chi connectivity index (χ0v) is 11.8. The van der Waals surface area contributed by atoms with Crippen molar-refractivity contribution in [2.75, 3.05) is 0 Å². The number of rotatable bonds is 3. The van der Waals surface area contributed by atoms with Gasteiger partial charge < -0.3 is 14.6 Å². The standard InChI is InChI=1S/C15H9ClN2O4/c16-9-1-6-12-13(7-9)17-8-14(18-12)21-10-2-4-11(5-3-10)22-15(19)20/h1-8H,(H,19,20). The molecule has 0 atom stereocenters. The maximum absolute atomic E-state index is 10.4. The van der Waals surface area contributed by atoms with Gasteiger partial charge in [0.15, 0.2) is 0 Å². The van der Waals surface area contributed by atoms with Crippen LogP contribution in [0, 0.1) is 0 Å². The summed E-state index contributed by atoms with van der Waals surface area (Å²) in [4.78, 5) is 18.9. The van der Waals surface area contributed by atoms with Gasteiger partial charge in [0.2, 0.25) is 5.88 Å². The van der Waals surface area contributed by atoms with Crippen molar-refractivity contribution in [2.24, 2.45) is 0 Å². The maximum atomic E-state index is 10.4. The molecule has 0 aliphatic rings. The Kier molecular flexibility index (Phi) is 3.76. The van der Waals surface area contributed by atoms with Crippen LogP contribution in [-0.4, -0.2) is 21.2 Å². The number of aromatic nitrogens is 2. The van der Waals surface area contributed by atoms with Crippen LogP contribution in [-0.2, 0) is 0 Å². The normalized spacial score (nSPS) is 10.4. The number of fused-ring (bicyclic) bond motifs is 1. The van der Waals surface area contributed by atoms with Gasteiger partial charge in [-0.3, -0.25) is 0 Å². The van der Waals surface area contributed by atoms with Gasteiger partial charge in [0, 0.05) is 5.02 Å². The van der Waals surface area contributed by atoms with Gasteiger partial charge in [-0.05, 0) is 42.5 Å². The molecule has 0 fully saturated rings. The second-order valence-electron chi connectivity index (χ2n) is 4.28. The summed E-state index contributed by atoms with van der Waals surface area (Å²) >= 11 is 5.89. The van der Waals surface area contributed by atoms with Gasteiger partial charge in [0.25, 0.3) is 0 Å². The Labute approximate surface area is 129 Å². The molecule has 1 heterocycles. The van der Waals surface area contributed by atoms with Crippen molar-refractivity contribution in [1.82, 2.24) is 9.97 Å². The molecule has 0 aliphatic heterocycles. The van der Waals surface area contributed by atoms with E-state index in [4.69, 9.17) is 21.4 Å². The minimum atomic E-state index is -1.37. The summed E-state index contributed by atoms with van der Waals surface area (Å²) in [5.41, 5.74) is 1.33. The largest absolute Gasteiger partial charge is 0.511 e. The van der Waals surface area contributed by atoms with Crippen LogP contribution in [0.2, 0.25) is 5.02 Å². The molecule has 0 bridgehead atoms. The molecule has 0 unspecified atom stereocenters. The van der Waals surface area contributed by atoms with Crippen LogP contribution < -0.4 is 9.47 Å². The van der Waals surface area contributed by atoms with E-state index in [1.807, 2.05) is 0 Å². The van der Waals surface area contributed by atoms with Crippen molar-refractivity contribution in [3.8, 4) is 17.4 Å². The van der Waals surface area contributed by atoms with E-state index in [0.29, 0.717) is 27.7 Å². The zero-order chi connectivity index (χ0) is 15.5. The van der Waals surface area contributed by atoms with E-state index < -0.39 is 6.16 Å². The first kappa shape index (κ1) is 14.1. The summed E-state index contributed by atoms with van der Waals surface area (Å²) in [6.45, 7) is 0. The molecular formula is C15H9ClN2O4. The molecule has 0 saturated heterocycles. The van der Waals surface area contributed by atoms with E-state index in [0.717, 1.165) is 0 Å². The molecule has 3 rings (SSSR count). The van der Waals surface area contributed by atoms with Gasteiger partial charge >= 0.3 is 6.16 Å². The average molecular weight is 317 g/mol. The molecule has 6 nitrogen and oxygen atoms in total. The average Bonchev–Trinajstić information content (AvgIpc) is 2.49. The number of hydrogen-bond donors (Lipinski definition) is 1. The number of hydrogen-bond acceptors (Lipinski definition) is 5. The minimum absolute atomic E-state index is 0.207.